The van der Waals surface area contributed by atoms with Crippen molar-refractivity contribution in [2.24, 2.45) is 5.92 Å². The summed E-state index contributed by atoms with van der Waals surface area (Å²) in [5.41, 5.74) is 3.16. The highest BCUT2D eigenvalue weighted by atomic mass is 35.5. The molecule has 1 aliphatic rings. The first-order chi connectivity index (χ1) is 10.4. The number of piperazine rings is 1. The van der Waals surface area contributed by atoms with Crippen LogP contribution >= 0.6 is 24.8 Å². The molecule has 2 nitrogen and oxygen atoms in total. The minimum atomic E-state index is 0. The van der Waals surface area contributed by atoms with E-state index in [0.717, 1.165) is 19.0 Å². The van der Waals surface area contributed by atoms with Crippen molar-refractivity contribution in [1.82, 2.24) is 10.2 Å². The van der Waals surface area contributed by atoms with Crippen molar-refractivity contribution in [1.29, 1.82) is 0 Å². The number of benzene rings is 1. The van der Waals surface area contributed by atoms with E-state index in [9.17, 15) is 0 Å². The van der Waals surface area contributed by atoms with Gasteiger partial charge >= 0.3 is 0 Å². The molecule has 1 saturated heterocycles. The van der Waals surface area contributed by atoms with Gasteiger partial charge in [0.2, 0.25) is 0 Å². The number of nitrogens with zero attached hydrogens (tertiary/aromatic N) is 1. The van der Waals surface area contributed by atoms with Crippen LogP contribution in [0.4, 0.5) is 0 Å². The molecule has 0 saturated carbocycles. The number of hydrogen-bond donors (Lipinski definition) is 1. The van der Waals surface area contributed by atoms with Crippen molar-refractivity contribution in [3.05, 3.63) is 35.4 Å². The molecule has 0 aliphatic carbocycles. The van der Waals surface area contributed by atoms with Crippen molar-refractivity contribution < 1.29 is 0 Å². The summed E-state index contributed by atoms with van der Waals surface area (Å²) >= 11 is 0. The molecule has 4 heteroatoms. The maximum atomic E-state index is 3.47. The van der Waals surface area contributed by atoms with Crippen molar-refractivity contribution in [3.63, 3.8) is 0 Å². The van der Waals surface area contributed by atoms with Crippen LogP contribution in [0.1, 0.15) is 64.6 Å². The van der Waals surface area contributed by atoms with Crippen LogP contribution < -0.4 is 5.32 Å². The molecule has 0 spiro atoms. The topological polar surface area (TPSA) is 15.3 Å². The largest absolute Gasteiger partial charge is 0.314 e. The van der Waals surface area contributed by atoms with Crippen LogP contribution in [0.5, 0.6) is 0 Å². The molecule has 24 heavy (non-hydrogen) atoms. The van der Waals surface area contributed by atoms with Gasteiger partial charge in [-0.05, 0) is 35.3 Å². The van der Waals surface area contributed by atoms with Gasteiger partial charge < -0.3 is 5.32 Å². The third kappa shape index (κ3) is 6.92. The molecular weight excluding hydrogens is 339 g/mol. The molecule has 1 aliphatic heterocycles. The first-order valence-corrected chi connectivity index (χ1v) is 8.93. The highest BCUT2D eigenvalue weighted by molar-refractivity contribution is 5.85. The van der Waals surface area contributed by atoms with E-state index in [2.05, 4.69) is 69.1 Å². The Bertz CT molecular complexity index is 446. The fourth-order valence-electron chi connectivity index (χ4n) is 3.25. The summed E-state index contributed by atoms with van der Waals surface area (Å²) in [5, 5.41) is 3.47. The lowest BCUT2D eigenvalue weighted by Crippen LogP contribution is -2.45. The molecule has 1 heterocycles. The van der Waals surface area contributed by atoms with Gasteiger partial charge in [-0.1, -0.05) is 58.9 Å². The lowest BCUT2D eigenvalue weighted by molar-refractivity contribution is 0.160. The molecular formula is C20H36Cl2N2. The van der Waals surface area contributed by atoms with Gasteiger partial charge in [-0.15, -0.1) is 24.8 Å². The maximum Gasteiger partial charge on any atom is 0.0349 e. The van der Waals surface area contributed by atoms with Crippen LogP contribution in [0.2, 0.25) is 0 Å². The molecule has 2 rings (SSSR count). The molecule has 1 fully saturated rings. The molecule has 1 atom stereocenters. The summed E-state index contributed by atoms with van der Waals surface area (Å²) in [6, 6.07) is 9.99. The van der Waals surface area contributed by atoms with Crippen molar-refractivity contribution in [3.8, 4) is 0 Å². The molecule has 140 valence electrons. The van der Waals surface area contributed by atoms with Crippen LogP contribution in [0.25, 0.3) is 0 Å². The Kier molecular flexibility index (Phi) is 10.5. The molecule has 0 radical (unpaired) electrons. The van der Waals surface area contributed by atoms with Crippen LogP contribution in [0.15, 0.2) is 24.3 Å². The van der Waals surface area contributed by atoms with Gasteiger partial charge in [-0.3, -0.25) is 4.90 Å². The van der Waals surface area contributed by atoms with E-state index in [0.29, 0.717) is 6.04 Å². The predicted molar refractivity (Wildman–Crippen MR) is 111 cm³/mol. The van der Waals surface area contributed by atoms with Gasteiger partial charge in [0.1, 0.15) is 0 Å². The third-order valence-electron chi connectivity index (χ3n) is 4.77. The minimum absolute atomic E-state index is 0. The van der Waals surface area contributed by atoms with E-state index in [1.165, 1.54) is 37.1 Å². The monoisotopic (exact) mass is 374 g/mol. The van der Waals surface area contributed by atoms with Crippen LogP contribution in [0.3, 0.4) is 0 Å². The lowest BCUT2D eigenvalue weighted by atomic mass is 9.85. The smallest absolute Gasteiger partial charge is 0.0349 e. The Balaban J connectivity index is 0.00000264. The van der Waals surface area contributed by atoms with E-state index in [4.69, 9.17) is 0 Å². The molecule has 1 aromatic carbocycles. The molecule has 0 bridgehead atoms. The molecule has 1 N–H and O–H groups in total. The summed E-state index contributed by atoms with van der Waals surface area (Å²) in [6.07, 6.45) is 2.57. The minimum Gasteiger partial charge on any atom is -0.314 e. The van der Waals surface area contributed by atoms with Crippen molar-refractivity contribution in [2.45, 2.75) is 58.9 Å². The Hall–Kier alpha value is -0.280. The summed E-state index contributed by atoms with van der Waals surface area (Å²) in [6.45, 7) is 16.1. The number of rotatable bonds is 5. The fraction of sp³-hybridized carbons (Fsp3) is 0.700. The van der Waals surface area contributed by atoms with Crippen LogP contribution in [-0.4, -0.2) is 31.1 Å². The first kappa shape index (κ1) is 23.7. The Labute approximate surface area is 161 Å². The Morgan fingerprint density at radius 2 is 1.50 bits per heavy atom. The van der Waals surface area contributed by atoms with Gasteiger partial charge in [0.05, 0.1) is 0 Å². The van der Waals surface area contributed by atoms with E-state index < -0.39 is 0 Å². The van der Waals surface area contributed by atoms with Crippen molar-refractivity contribution >= 4 is 24.8 Å². The number of nitrogens with one attached hydrogen (secondary N) is 1. The van der Waals surface area contributed by atoms with Gasteiger partial charge in [0, 0.05) is 32.2 Å². The van der Waals surface area contributed by atoms with E-state index in [1.807, 2.05) is 0 Å². The Morgan fingerprint density at radius 1 is 0.958 bits per heavy atom. The predicted octanol–water partition coefficient (Wildman–Crippen LogP) is 5.21. The van der Waals surface area contributed by atoms with E-state index in [1.54, 1.807) is 0 Å². The van der Waals surface area contributed by atoms with Gasteiger partial charge in [0.15, 0.2) is 0 Å². The van der Waals surface area contributed by atoms with Crippen LogP contribution in [0, 0.1) is 5.92 Å². The van der Waals surface area contributed by atoms with Gasteiger partial charge in [-0.25, -0.2) is 0 Å². The zero-order valence-corrected chi connectivity index (χ0v) is 17.6. The SMILES string of the molecule is CC(C)CC[C@H](c1ccc(C(C)(C)C)cc1)N1CCNCC1.Cl.Cl. The van der Waals surface area contributed by atoms with Gasteiger partial charge in [0.25, 0.3) is 0 Å². The molecule has 0 aromatic heterocycles. The quantitative estimate of drug-likeness (QED) is 0.760. The maximum absolute atomic E-state index is 3.47. The standard InChI is InChI=1S/C20H34N2.2ClH/c1-16(2)6-11-19(22-14-12-21-13-15-22)17-7-9-18(10-8-17)20(3,4)5;;/h7-10,16,19,21H,6,11-15H2,1-5H3;2*1H/t19-;;/m1../s1. The van der Waals surface area contributed by atoms with E-state index >= 15 is 0 Å². The first-order valence-electron chi connectivity index (χ1n) is 8.93. The molecule has 0 unspecified atom stereocenters. The summed E-state index contributed by atoms with van der Waals surface area (Å²) in [5.74, 6) is 0.777. The number of hydrogen-bond acceptors (Lipinski definition) is 2. The summed E-state index contributed by atoms with van der Waals surface area (Å²) in [4.78, 5) is 2.67. The second-order valence-electron chi connectivity index (χ2n) is 8.14. The van der Waals surface area contributed by atoms with Crippen LogP contribution in [-0.2, 0) is 5.41 Å². The zero-order valence-electron chi connectivity index (χ0n) is 16.0. The second-order valence-corrected chi connectivity index (χ2v) is 8.14. The second kappa shape index (κ2) is 10.7. The highest BCUT2D eigenvalue weighted by Crippen LogP contribution is 2.30. The van der Waals surface area contributed by atoms with Gasteiger partial charge in [-0.2, -0.15) is 0 Å². The summed E-state index contributed by atoms with van der Waals surface area (Å²) < 4.78 is 0. The number of halogens is 2. The molecule has 0 amide bonds. The fourth-order valence-corrected chi connectivity index (χ4v) is 3.25. The highest BCUT2D eigenvalue weighted by Gasteiger charge is 2.23. The lowest BCUT2D eigenvalue weighted by Gasteiger charge is -2.36. The Morgan fingerprint density at radius 3 is 1.96 bits per heavy atom. The van der Waals surface area contributed by atoms with E-state index in [-0.39, 0.29) is 30.2 Å². The molecule has 1 aromatic rings. The average Bonchev–Trinajstić information content (AvgIpc) is 2.48. The zero-order chi connectivity index (χ0) is 16.2. The summed E-state index contributed by atoms with van der Waals surface area (Å²) in [7, 11) is 0. The third-order valence-corrected chi connectivity index (χ3v) is 4.77. The normalized spacial score (nSPS) is 17.1. The average molecular weight is 375 g/mol. The van der Waals surface area contributed by atoms with Crippen molar-refractivity contribution in [2.75, 3.05) is 26.2 Å².